The number of anilines is 1. The highest BCUT2D eigenvalue weighted by Gasteiger charge is 2.21. The van der Waals surface area contributed by atoms with E-state index in [2.05, 4.69) is 75.1 Å². The molecule has 0 amide bonds. The second-order valence-electron chi connectivity index (χ2n) is 8.14. The molecule has 8 heteroatoms. The molecule has 3 rings (SSSR count). The van der Waals surface area contributed by atoms with E-state index in [1.807, 2.05) is 13.1 Å². The number of nitrogens with one attached hydrogen (secondary N) is 1. The van der Waals surface area contributed by atoms with E-state index in [0.717, 1.165) is 44.6 Å². The number of benzene rings is 1. The van der Waals surface area contributed by atoms with Gasteiger partial charge in [0.1, 0.15) is 0 Å². The Bertz CT molecular complexity index is 801. The Morgan fingerprint density at radius 2 is 1.73 bits per heavy atom. The van der Waals surface area contributed by atoms with Crippen molar-refractivity contribution < 1.29 is 4.74 Å². The smallest absolute Gasteiger partial charge is 0.225 e. The molecular weight excluding hydrogens is 491 g/mol. The van der Waals surface area contributed by atoms with Crippen LogP contribution in [0.5, 0.6) is 0 Å². The van der Waals surface area contributed by atoms with Crippen molar-refractivity contribution >= 4 is 35.9 Å². The predicted molar refractivity (Wildman–Crippen MR) is 132 cm³/mol. The summed E-state index contributed by atoms with van der Waals surface area (Å²) in [6, 6.07) is 10.4. The minimum absolute atomic E-state index is 0. The first kappa shape index (κ1) is 24.3. The Hall–Kier alpha value is -1.94. The van der Waals surface area contributed by atoms with Crippen molar-refractivity contribution in [3.05, 3.63) is 53.9 Å². The van der Waals surface area contributed by atoms with E-state index in [1.165, 1.54) is 11.1 Å². The maximum absolute atomic E-state index is 5.89. The number of halogens is 1. The van der Waals surface area contributed by atoms with Crippen molar-refractivity contribution in [1.29, 1.82) is 0 Å². The van der Waals surface area contributed by atoms with Gasteiger partial charge in [-0.05, 0) is 38.0 Å². The lowest BCUT2D eigenvalue weighted by Crippen LogP contribution is -2.52. The summed E-state index contributed by atoms with van der Waals surface area (Å²) < 4.78 is 5.89. The van der Waals surface area contributed by atoms with Crippen molar-refractivity contribution in [3.63, 3.8) is 0 Å². The number of piperazine rings is 1. The summed E-state index contributed by atoms with van der Waals surface area (Å²) in [6.07, 6.45) is 3.58. The lowest BCUT2D eigenvalue weighted by molar-refractivity contribution is -0.0149. The molecule has 1 saturated heterocycles. The van der Waals surface area contributed by atoms with E-state index in [-0.39, 0.29) is 29.6 Å². The number of hydrogen-bond acceptors (Lipinski definition) is 5. The van der Waals surface area contributed by atoms with Crippen molar-refractivity contribution in [2.75, 3.05) is 38.1 Å². The molecule has 30 heavy (non-hydrogen) atoms. The Morgan fingerprint density at radius 3 is 2.37 bits per heavy atom. The van der Waals surface area contributed by atoms with Gasteiger partial charge < -0.3 is 19.9 Å². The van der Waals surface area contributed by atoms with E-state index in [4.69, 9.17) is 4.74 Å². The minimum atomic E-state index is -0.136. The maximum atomic E-state index is 5.89. The van der Waals surface area contributed by atoms with Crippen molar-refractivity contribution in [1.82, 2.24) is 20.2 Å². The molecule has 0 bridgehead atoms. The zero-order valence-electron chi connectivity index (χ0n) is 18.3. The fourth-order valence-electron chi connectivity index (χ4n) is 3.22. The van der Waals surface area contributed by atoms with E-state index >= 15 is 0 Å². The highest BCUT2D eigenvalue weighted by molar-refractivity contribution is 14.0. The molecule has 1 N–H and O–H groups in total. The first-order valence-electron chi connectivity index (χ1n) is 10.1. The lowest BCUT2D eigenvalue weighted by Gasteiger charge is -2.36. The molecule has 1 aromatic heterocycles. The van der Waals surface area contributed by atoms with Crippen LogP contribution >= 0.6 is 24.0 Å². The van der Waals surface area contributed by atoms with Crippen molar-refractivity contribution in [2.24, 2.45) is 4.99 Å². The number of aliphatic imine (C=N–C) groups is 1. The second kappa shape index (κ2) is 11.5. The highest BCUT2D eigenvalue weighted by Crippen LogP contribution is 2.14. The Balaban J connectivity index is 0.00000320. The summed E-state index contributed by atoms with van der Waals surface area (Å²) in [5.74, 6) is 1.72. The molecule has 1 fully saturated rings. The monoisotopic (exact) mass is 524 g/mol. The van der Waals surface area contributed by atoms with Gasteiger partial charge in [-0.25, -0.2) is 9.97 Å². The fourth-order valence-corrected chi connectivity index (χ4v) is 3.22. The van der Waals surface area contributed by atoms with Gasteiger partial charge >= 0.3 is 0 Å². The molecule has 164 valence electrons. The quantitative estimate of drug-likeness (QED) is 0.368. The molecule has 0 radical (unpaired) electrons. The normalized spacial score (nSPS) is 15.0. The number of ether oxygens (including phenoxy) is 1. The molecule has 0 spiro atoms. The van der Waals surface area contributed by atoms with Gasteiger partial charge in [-0.15, -0.1) is 24.0 Å². The zero-order valence-corrected chi connectivity index (χ0v) is 20.7. The minimum Gasteiger partial charge on any atom is -0.371 e. The number of guanidine groups is 1. The fraction of sp³-hybridized carbons (Fsp3) is 0.500. The van der Waals surface area contributed by atoms with Crippen LogP contribution in [0.4, 0.5) is 5.95 Å². The molecule has 1 aliphatic heterocycles. The van der Waals surface area contributed by atoms with Crippen LogP contribution in [0, 0.1) is 0 Å². The van der Waals surface area contributed by atoms with Gasteiger partial charge in [0.25, 0.3) is 0 Å². The molecule has 7 nitrogen and oxygen atoms in total. The van der Waals surface area contributed by atoms with Gasteiger partial charge in [-0.1, -0.05) is 24.3 Å². The largest absolute Gasteiger partial charge is 0.371 e. The van der Waals surface area contributed by atoms with Crippen molar-refractivity contribution in [2.45, 2.75) is 39.5 Å². The molecule has 1 aromatic carbocycles. The van der Waals surface area contributed by atoms with Crippen LogP contribution in [0.1, 0.15) is 31.9 Å². The van der Waals surface area contributed by atoms with E-state index < -0.39 is 0 Å². The van der Waals surface area contributed by atoms with Crippen LogP contribution in [0.15, 0.2) is 47.7 Å². The summed E-state index contributed by atoms with van der Waals surface area (Å²) in [7, 11) is 1.84. The summed E-state index contributed by atoms with van der Waals surface area (Å²) in [5.41, 5.74) is 2.27. The molecule has 0 atom stereocenters. The standard InChI is InChI=1S/C22H32N6O.HI/c1-22(2,3)29-17-19-8-5-7-18(15-19)16-26-20(23-4)27-11-13-28(14-12-27)21-24-9-6-10-25-21;/h5-10,15H,11-14,16-17H2,1-4H3,(H,23,26);1H. The third kappa shape index (κ3) is 7.39. The number of aromatic nitrogens is 2. The van der Waals surface area contributed by atoms with Crippen LogP contribution in [0.3, 0.4) is 0 Å². The number of hydrogen-bond donors (Lipinski definition) is 1. The summed E-state index contributed by atoms with van der Waals surface area (Å²) >= 11 is 0. The lowest BCUT2D eigenvalue weighted by atomic mass is 10.1. The van der Waals surface area contributed by atoms with Crippen LogP contribution in [-0.2, 0) is 17.9 Å². The van der Waals surface area contributed by atoms with Gasteiger partial charge in [-0.2, -0.15) is 0 Å². The first-order valence-corrected chi connectivity index (χ1v) is 10.1. The van der Waals surface area contributed by atoms with Gasteiger partial charge in [0.2, 0.25) is 5.95 Å². The summed E-state index contributed by atoms with van der Waals surface area (Å²) in [6.45, 7) is 11.1. The van der Waals surface area contributed by atoms with Crippen LogP contribution in [-0.4, -0.2) is 59.7 Å². The Kier molecular flexibility index (Phi) is 9.29. The average Bonchev–Trinajstić information content (AvgIpc) is 2.74. The third-order valence-electron chi connectivity index (χ3n) is 4.74. The molecule has 0 saturated carbocycles. The summed E-state index contributed by atoms with van der Waals surface area (Å²) in [4.78, 5) is 17.7. The van der Waals surface area contributed by atoms with E-state index in [1.54, 1.807) is 12.4 Å². The average molecular weight is 524 g/mol. The van der Waals surface area contributed by atoms with Crippen LogP contribution in [0.2, 0.25) is 0 Å². The summed E-state index contributed by atoms with van der Waals surface area (Å²) in [5, 5.41) is 3.49. The first-order chi connectivity index (χ1) is 13.9. The van der Waals surface area contributed by atoms with Gasteiger partial charge in [-0.3, -0.25) is 4.99 Å². The maximum Gasteiger partial charge on any atom is 0.225 e. The zero-order chi connectivity index (χ0) is 20.7. The Labute approximate surface area is 197 Å². The molecule has 0 unspecified atom stereocenters. The molecule has 2 aromatic rings. The molecule has 2 heterocycles. The predicted octanol–water partition coefficient (Wildman–Crippen LogP) is 3.31. The van der Waals surface area contributed by atoms with Crippen molar-refractivity contribution in [3.8, 4) is 0 Å². The number of rotatable bonds is 5. The van der Waals surface area contributed by atoms with Gasteiger partial charge in [0, 0.05) is 52.2 Å². The van der Waals surface area contributed by atoms with E-state index in [9.17, 15) is 0 Å². The second-order valence-corrected chi connectivity index (χ2v) is 8.14. The number of nitrogens with zero attached hydrogens (tertiary/aromatic N) is 5. The third-order valence-corrected chi connectivity index (χ3v) is 4.74. The SMILES string of the molecule is CN=C(NCc1cccc(COC(C)(C)C)c1)N1CCN(c2ncccn2)CC1.I. The topological polar surface area (TPSA) is 65.9 Å². The van der Waals surface area contributed by atoms with E-state index in [0.29, 0.717) is 6.61 Å². The Morgan fingerprint density at radius 1 is 1.07 bits per heavy atom. The highest BCUT2D eigenvalue weighted by atomic mass is 127. The molecular formula is C22H33IN6O. The van der Waals surface area contributed by atoms with Crippen LogP contribution < -0.4 is 10.2 Å². The van der Waals surface area contributed by atoms with Crippen LogP contribution in [0.25, 0.3) is 0 Å². The van der Waals surface area contributed by atoms with Gasteiger partial charge in [0.15, 0.2) is 5.96 Å². The van der Waals surface area contributed by atoms with Gasteiger partial charge in [0.05, 0.1) is 12.2 Å². The molecule has 0 aliphatic carbocycles. The molecule has 1 aliphatic rings.